The van der Waals surface area contributed by atoms with E-state index < -0.39 is 0 Å². The average Bonchev–Trinajstić information content (AvgIpc) is 2.60. The SMILES string of the molecule is CCNC(CC)c1cc2c(cc1Br)n(C)c(=O)n2C. The molecular weight excluding hydrogens is 306 g/mol. The normalized spacial score (nSPS) is 13.1. The van der Waals surface area contributed by atoms with Gasteiger partial charge in [-0.1, -0.05) is 29.8 Å². The van der Waals surface area contributed by atoms with Crippen LogP contribution in [0.25, 0.3) is 11.0 Å². The van der Waals surface area contributed by atoms with Gasteiger partial charge in [0.2, 0.25) is 0 Å². The maximum Gasteiger partial charge on any atom is 0.328 e. The van der Waals surface area contributed by atoms with E-state index in [9.17, 15) is 4.79 Å². The van der Waals surface area contributed by atoms with E-state index in [4.69, 9.17) is 0 Å². The smallest absolute Gasteiger partial charge is 0.310 e. The van der Waals surface area contributed by atoms with Gasteiger partial charge in [0, 0.05) is 24.6 Å². The standard InChI is InChI=1S/C14H20BrN3O/c1-5-11(16-6-2)9-7-12-13(8-10(9)15)18(4)14(19)17(12)3/h7-8,11,16H,5-6H2,1-4H3. The molecule has 1 aromatic carbocycles. The number of halogens is 1. The van der Waals surface area contributed by atoms with E-state index in [1.165, 1.54) is 5.56 Å². The molecular formula is C14H20BrN3O. The lowest BCUT2D eigenvalue weighted by Gasteiger charge is -2.18. The van der Waals surface area contributed by atoms with E-state index in [2.05, 4.69) is 41.2 Å². The van der Waals surface area contributed by atoms with Crippen molar-refractivity contribution in [3.05, 3.63) is 32.7 Å². The minimum absolute atomic E-state index is 0.00977. The Morgan fingerprint density at radius 2 is 1.79 bits per heavy atom. The summed E-state index contributed by atoms with van der Waals surface area (Å²) < 4.78 is 4.43. The van der Waals surface area contributed by atoms with Crippen molar-refractivity contribution in [2.75, 3.05) is 6.54 Å². The second kappa shape index (κ2) is 5.51. The minimum Gasteiger partial charge on any atom is -0.310 e. The minimum atomic E-state index is 0.00977. The lowest BCUT2D eigenvalue weighted by atomic mass is 10.0. The van der Waals surface area contributed by atoms with Crippen LogP contribution in [0.5, 0.6) is 0 Å². The maximum atomic E-state index is 12.0. The summed E-state index contributed by atoms with van der Waals surface area (Å²) in [6.45, 7) is 5.19. The number of aryl methyl sites for hydroxylation is 2. The van der Waals surface area contributed by atoms with Gasteiger partial charge in [-0.2, -0.15) is 0 Å². The first-order valence-corrected chi connectivity index (χ1v) is 7.38. The zero-order valence-corrected chi connectivity index (χ0v) is 13.4. The average molecular weight is 326 g/mol. The second-order valence-electron chi connectivity index (χ2n) is 4.78. The number of imidazole rings is 1. The fourth-order valence-corrected chi connectivity index (χ4v) is 3.13. The number of rotatable bonds is 4. The predicted molar refractivity (Wildman–Crippen MR) is 82.6 cm³/mol. The summed E-state index contributed by atoms with van der Waals surface area (Å²) in [4.78, 5) is 12.0. The molecule has 5 heteroatoms. The van der Waals surface area contributed by atoms with Crippen LogP contribution in [0.15, 0.2) is 21.4 Å². The predicted octanol–water partition coefficient (Wildman–Crippen LogP) is 2.70. The molecule has 104 valence electrons. The van der Waals surface area contributed by atoms with Crippen molar-refractivity contribution in [3.63, 3.8) is 0 Å². The molecule has 0 spiro atoms. The Labute approximate surface area is 121 Å². The molecule has 1 unspecified atom stereocenters. The summed E-state index contributed by atoms with van der Waals surface area (Å²) in [5.41, 5.74) is 3.14. The molecule has 19 heavy (non-hydrogen) atoms. The van der Waals surface area contributed by atoms with Crippen LogP contribution in [-0.4, -0.2) is 15.7 Å². The zero-order valence-electron chi connectivity index (χ0n) is 11.8. The monoisotopic (exact) mass is 325 g/mol. The van der Waals surface area contributed by atoms with E-state index in [0.717, 1.165) is 28.5 Å². The maximum absolute atomic E-state index is 12.0. The molecule has 0 saturated carbocycles. The molecule has 0 fully saturated rings. The summed E-state index contributed by atoms with van der Waals surface area (Å²) in [6.07, 6.45) is 1.01. The van der Waals surface area contributed by atoms with Crippen LogP contribution >= 0.6 is 15.9 Å². The molecule has 0 bridgehead atoms. The number of aromatic nitrogens is 2. The van der Waals surface area contributed by atoms with Gasteiger partial charge in [-0.15, -0.1) is 0 Å². The van der Waals surface area contributed by atoms with E-state index in [1.807, 2.05) is 13.1 Å². The summed E-state index contributed by atoms with van der Waals surface area (Å²) in [5.74, 6) is 0. The molecule has 0 aliphatic heterocycles. The van der Waals surface area contributed by atoms with Gasteiger partial charge in [0.1, 0.15) is 0 Å². The van der Waals surface area contributed by atoms with Crippen LogP contribution in [-0.2, 0) is 14.1 Å². The largest absolute Gasteiger partial charge is 0.328 e. The number of fused-ring (bicyclic) bond motifs is 1. The lowest BCUT2D eigenvalue weighted by Crippen LogP contribution is -2.20. The summed E-state index contributed by atoms with van der Waals surface area (Å²) in [7, 11) is 3.62. The Balaban J connectivity index is 2.67. The quantitative estimate of drug-likeness (QED) is 0.938. The molecule has 0 aliphatic rings. The van der Waals surface area contributed by atoms with E-state index >= 15 is 0 Å². The highest BCUT2D eigenvalue weighted by atomic mass is 79.9. The van der Waals surface area contributed by atoms with Crippen molar-refractivity contribution in [1.29, 1.82) is 0 Å². The van der Waals surface area contributed by atoms with Crippen molar-refractivity contribution in [3.8, 4) is 0 Å². The molecule has 0 saturated heterocycles. The fourth-order valence-electron chi connectivity index (χ4n) is 2.52. The van der Waals surface area contributed by atoms with Crippen LogP contribution in [0, 0.1) is 0 Å². The van der Waals surface area contributed by atoms with Crippen molar-refractivity contribution >= 4 is 27.0 Å². The topological polar surface area (TPSA) is 39.0 Å². The number of nitrogens with one attached hydrogen (secondary N) is 1. The van der Waals surface area contributed by atoms with E-state index in [0.29, 0.717) is 6.04 Å². The van der Waals surface area contributed by atoms with E-state index in [-0.39, 0.29) is 5.69 Å². The van der Waals surface area contributed by atoms with Crippen molar-refractivity contribution in [2.24, 2.45) is 14.1 Å². The van der Waals surface area contributed by atoms with Gasteiger partial charge >= 0.3 is 5.69 Å². The van der Waals surface area contributed by atoms with Crippen LogP contribution in [0.3, 0.4) is 0 Å². The van der Waals surface area contributed by atoms with Gasteiger partial charge in [0.25, 0.3) is 0 Å². The molecule has 1 N–H and O–H groups in total. The molecule has 0 radical (unpaired) electrons. The molecule has 1 aromatic heterocycles. The van der Waals surface area contributed by atoms with Gasteiger partial charge in [-0.3, -0.25) is 9.13 Å². The Hall–Kier alpha value is -1.07. The molecule has 2 rings (SSSR count). The third-order valence-corrected chi connectivity index (χ3v) is 4.31. The van der Waals surface area contributed by atoms with E-state index in [1.54, 1.807) is 16.2 Å². The highest BCUT2D eigenvalue weighted by Crippen LogP contribution is 2.29. The first-order chi connectivity index (χ1) is 9.01. The third kappa shape index (κ3) is 2.37. The molecule has 0 amide bonds. The first-order valence-electron chi connectivity index (χ1n) is 6.59. The van der Waals surface area contributed by atoms with Crippen LogP contribution in [0.4, 0.5) is 0 Å². The van der Waals surface area contributed by atoms with Gasteiger partial charge in [-0.05, 0) is 30.7 Å². The zero-order chi connectivity index (χ0) is 14.2. The van der Waals surface area contributed by atoms with Gasteiger partial charge in [0.15, 0.2) is 0 Å². The molecule has 1 atom stereocenters. The highest BCUT2D eigenvalue weighted by Gasteiger charge is 2.16. The number of hydrogen-bond donors (Lipinski definition) is 1. The Kier molecular flexibility index (Phi) is 4.16. The molecule has 0 aliphatic carbocycles. The van der Waals surface area contributed by atoms with Crippen LogP contribution in [0.2, 0.25) is 0 Å². The summed E-state index contributed by atoms with van der Waals surface area (Å²) >= 11 is 3.63. The number of nitrogens with zero attached hydrogens (tertiary/aromatic N) is 2. The van der Waals surface area contributed by atoms with Crippen LogP contribution < -0.4 is 11.0 Å². The summed E-state index contributed by atoms with van der Waals surface area (Å²) in [5, 5.41) is 3.47. The second-order valence-corrected chi connectivity index (χ2v) is 5.64. The van der Waals surface area contributed by atoms with Crippen molar-refractivity contribution < 1.29 is 0 Å². The number of hydrogen-bond acceptors (Lipinski definition) is 2. The summed E-state index contributed by atoms with van der Waals surface area (Å²) in [6, 6.07) is 4.45. The van der Waals surface area contributed by atoms with Gasteiger partial charge in [0.05, 0.1) is 11.0 Å². The molecule has 1 heterocycles. The van der Waals surface area contributed by atoms with Crippen molar-refractivity contribution in [2.45, 2.75) is 26.3 Å². The van der Waals surface area contributed by atoms with Crippen LogP contribution in [0.1, 0.15) is 31.9 Å². The lowest BCUT2D eigenvalue weighted by molar-refractivity contribution is 0.536. The number of benzene rings is 1. The third-order valence-electron chi connectivity index (χ3n) is 3.62. The van der Waals surface area contributed by atoms with Gasteiger partial charge in [-0.25, -0.2) is 4.79 Å². The molecule has 2 aromatic rings. The molecule has 4 nitrogen and oxygen atoms in total. The Morgan fingerprint density at radius 1 is 1.21 bits per heavy atom. The first kappa shape index (κ1) is 14.3. The Morgan fingerprint density at radius 3 is 2.32 bits per heavy atom. The van der Waals surface area contributed by atoms with Gasteiger partial charge < -0.3 is 5.32 Å². The fraction of sp³-hybridized carbons (Fsp3) is 0.500. The highest BCUT2D eigenvalue weighted by molar-refractivity contribution is 9.10. The Bertz CT molecular complexity index is 657. The van der Waals surface area contributed by atoms with Crippen molar-refractivity contribution in [1.82, 2.24) is 14.5 Å².